The number of aryl methyl sites for hydroxylation is 1. The molecule has 1 aromatic rings. The average Bonchev–Trinajstić information content (AvgIpc) is 2.39. The Morgan fingerprint density at radius 1 is 1.33 bits per heavy atom. The predicted octanol–water partition coefficient (Wildman–Crippen LogP) is 3.30. The molecule has 0 bridgehead atoms. The number of ketones is 1. The summed E-state index contributed by atoms with van der Waals surface area (Å²) < 4.78 is 0. The van der Waals surface area contributed by atoms with Crippen molar-refractivity contribution >= 4 is 5.78 Å². The van der Waals surface area contributed by atoms with Crippen LogP contribution in [0.3, 0.4) is 0 Å². The summed E-state index contributed by atoms with van der Waals surface area (Å²) >= 11 is 0. The summed E-state index contributed by atoms with van der Waals surface area (Å²) in [5.41, 5.74) is 2.01. The van der Waals surface area contributed by atoms with Gasteiger partial charge in [0.1, 0.15) is 0 Å². The minimum absolute atomic E-state index is 0.258. The van der Waals surface area contributed by atoms with Gasteiger partial charge < -0.3 is 0 Å². The van der Waals surface area contributed by atoms with Crippen molar-refractivity contribution in [3.05, 3.63) is 35.4 Å². The lowest BCUT2D eigenvalue weighted by Gasteiger charge is -2.30. The Kier molecular flexibility index (Phi) is 4.54. The molecule has 1 saturated heterocycles. The van der Waals surface area contributed by atoms with Crippen LogP contribution in [0.15, 0.2) is 24.3 Å². The van der Waals surface area contributed by atoms with Gasteiger partial charge in [0.25, 0.3) is 0 Å². The van der Waals surface area contributed by atoms with Crippen molar-refractivity contribution in [2.24, 2.45) is 5.92 Å². The number of carbonyl (C=O) groups is 1. The van der Waals surface area contributed by atoms with E-state index in [2.05, 4.69) is 11.8 Å². The first-order valence-electron chi connectivity index (χ1n) is 7.01. The van der Waals surface area contributed by atoms with Crippen LogP contribution < -0.4 is 0 Å². The monoisotopic (exact) mass is 245 g/mol. The number of piperidine rings is 1. The lowest BCUT2D eigenvalue weighted by Crippen LogP contribution is -2.37. The summed E-state index contributed by atoms with van der Waals surface area (Å²) in [4.78, 5) is 14.5. The van der Waals surface area contributed by atoms with E-state index in [-0.39, 0.29) is 5.78 Å². The Balaban J connectivity index is 1.89. The fourth-order valence-electron chi connectivity index (χ4n) is 2.67. The van der Waals surface area contributed by atoms with E-state index < -0.39 is 0 Å². The highest BCUT2D eigenvalue weighted by atomic mass is 16.1. The third-order valence-corrected chi connectivity index (χ3v) is 3.99. The van der Waals surface area contributed by atoms with Gasteiger partial charge in [0.05, 0.1) is 6.54 Å². The van der Waals surface area contributed by atoms with Gasteiger partial charge in [0.15, 0.2) is 5.78 Å². The first-order valence-corrected chi connectivity index (χ1v) is 7.01. The third kappa shape index (κ3) is 3.42. The van der Waals surface area contributed by atoms with E-state index in [0.717, 1.165) is 30.1 Å². The van der Waals surface area contributed by atoms with Crippen molar-refractivity contribution in [3.63, 3.8) is 0 Å². The van der Waals surface area contributed by atoms with E-state index in [1.165, 1.54) is 19.3 Å². The number of nitrogens with zero attached hydrogens (tertiary/aromatic N) is 1. The van der Waals surface area contributed by atoms with Crippen LogP contribution in [0, 0.1) is 12.8 Å². The molecule has 18 heavy (non-hydrogen) atoms. The summed E-state index contributed by atoms with van der Waals surface area (Å²) in [5.74, 6) is 1.13. The third-order valence-electron chi connectivity index (χ3n) is 3.99. The van der Waals surface area contributed by atoms with Crippen molar-refractivity contribution in [2.45, 2.75) is 33.1 Å². The van der Waals surface area contributed by atoms with Gasteiger partial charge in [-0.1, -0.05) is 37.1 Å². The van der Waals surface area contributed by atoms with Crippen LogP contribution in [0.5, 0.6) is 0 Å². The SMILES string of the molecule is CCC1CCN(CC(=O)c2cccc(C)c2)CC1. The van der Waals surface area contributed by atoms with Gasteiger partial charge in [-0.15, -0.1) is 0 Å². The number of hydrogen-bond acceptors (Lipinski definition) is 2. The molecule has 2 rings (SSSR count). The smallest absolute Gasteiger partial charge is 0.176 e. The Hall–Kier alpha value is -1.15. The Morgan fingerprint density at radius 3 is 2.67 bits per heavy atom. The van der Waals surface area contributed by atoms with Gasteiger partial charge in [-0.2, -0.15) is 0 Å². The highest BCUT2D eigenvalue weighted by molar-refractivity contribution is 5.97. The molecule has 1 aromatic carbocycles. The van der Waals surface area contributed by atoms with Gasteiger partial charge in [0, 0.05) is 5.56 Å². The molecular formula is C16H23NO. The lowest BCUT2D eigenvalue weighted by atomic mass is 9.94. The second kappa shape index (κ2) is 6.14. The first-order chi connectivity index (χ1) is 8.69. The fraction of sp³-hybridized carbons (Fsp3) is 0.562. The molecule has 1 aliphatic heterocycles. The zero-order valence-electron chi connectivity index (χ0n) is 11.5. The zero-order chi connectivity index (χ0) is 13.0. The maximum Gasteiger partial charge on any atom is 0.176 e. The molecule has 2 heteroatoms. The Morgan fingerprint density at radius 2 is 2.06 bits per heavy atom. The molecule has 0 aromatic heterocycles. The van der Waals surface area contributed by atoms with Gasteiger partial charge in [-0.05, 0) is 44.8 Å². The van der Waals surface area contributed by atoms with Crippen LogP contribution in [-0.4, -0.2) is 30.3 Å². The standard InChI is InChI=1S/C16H23NO/c1-3-14-7-9-17(10-8-14)12-16(18)15-6-4-5-13(2)11-15/h4-6,11,14H,3,7-10,12H2,1-2H3. The summed E-state index contributed by atoms with van der Waals surface area (Å²) in [6.07, 6.45) is 3.77. The quantitative estimate of drug-likeness (QED) is 0.759. The molecule has 1 aliphatic rings. The van der Waals surface area contributed by atoms with Crippen LogP contribution >= 0.6 is 0 Å². The van der Waals surface area contributed by atoms with Gasteiger partial charge >= 0.3 is 0 Å². The van der Waals surface area contributed by atoms with Crippen molar-refractivity contribution in [2.75, 3.05) is 19.6 Å². The fourth-order valence-corrected chi connectivity index (χ4v) is 2.67. The average molecular weight is 245 g/mol. The van der Waals surface area contributed by atoms with Crippen molar-refractivity contribution in [3.8, 4) is 0 Å². The number of hydrogen-bond donors (Lipinski definition) is 0. The van der Waals surface area contributed by atoms with E-state index in [1.807, 2.05) is 31.2 Å². The maximum absolute atomic E-state index is 12.2. The maximum atomic E-state index is 12.2. The first kappa shape index (κ1) is 13.3. The molecule has 0 saturated carbocycles. The van der Waals surface area contributed by atoms with Crippen LogP contribution in [0.4, 0.5) is 0 Å². The zero-order valence-corrected chi connectivity index (χ0v) is 11.5. The van der Waals surface area contributed by atoms with Crippen LogP contribution in [0.25, 0.3) is 0 Å². The molecule has 0 unspecified atom stereocenters. The summed E-state index contributed by atoms with van der Waals surface area (Å²) in [6.45, 7) is 7.04. The summed E-state index contributed by atoms with van der Waals surface area (Å²) in [5, 5.41) is 0. The lowest BCUT2D eigenvalue weighted by molar-refractivity contribution is 0.0894. The minimum atomic E-state index is 0.258. The molecule has 0 N–H and O–H groups in total. The number of carbonyl (C=O) groups excluding carboxylic acids is 1. The summed E-state index contributed by atoms with van der Waals surface area (Å²) in [7, 11) is 0. The van der Waals surface area contributed by atoms with Gasteiger partial charge in [-0.3, -0.25) is 9.69 Å². The van der Waals surface area contributed by atoms with Crippen molar-refractivity contribution in [1.29, 1.82) is 0 Å². The molecule has 1 heterocycles. The molecule has 0 spiro atoms. The van der Waals surface area contributed by atoms with E-state index in [9.17, 15) is 4.79 Å². The summed E-state index contributed by atoms with van der Waals surface area (Å²) in [6, 6.07) is 7.91. The predicted molar refractivity (Wildman–Crippen MR) is 75.0 cm³/mol. The number of Topliss-reactive ketones (excluding diaryl/α,β-unsaturated/α-hetero) is 1. The van der Waals surface area contributed by atoms with Crippen molar-refractivity contribution < 1.29 is 4.79 Å². The highest BCUT2D eigenvalue weighted by Crippen LogP contribution is 2.20. The molecule has 0 atom stereocenters. The normalized spacial score (nSPS) is 17.9. The van der Waals surface area contributed by atoms with Gasteiger partial charge in [0.2, 0.25) is 0 Å². The van der Waals surface area contributed by atoms with E-state index in [4.69, 9.17) is 0 Å². The van der Waals surface area contributed by atoms with E-state index in [1.54, 1.807) is 0 Å². The van der Waals surface area contributed by atoms with Crippen LogP contribution in [0.1, 0.15) is 42.1 Å². The largest absolute Gasteiger partial charge is 0.296 e. The molecule has 0 amide bonds. The Labute approximate surface area is 110 Å². The topological polar surface area (TPSA) is 20.3 Å². The molecule has 2 nitrogen and oxygen atoms in total. The molecular weight excluding hydrogens is 222 g/mol. The molecule has 1 fully saturated rings. The Bertz CT molecular complexity index is 405. The molecule has 98 valence electrons. The van der Waals surface area contributed by atoms with E-state index in [0.29, 0.717) is 6.54 Å². The van der Waals surface area contributed by atoms with E-state index >= 15 is 0 Å². The van der Waals surface area contributed by atoms with Crippen LogP contribution in [0.2, 0.25) is 0 Å². The van der Waals surface area contributed by atoms with Gasteiger partial charge in [-0.25, -0.2) is 0 Å². The molecule has 0 aliphatic carbocycles. The second-order valence-electron chi connectivity index (χ2n) is 5.42. The van der Waals surface area contributed by atoms with Crippen molar-refractivity contribution in [1.82, 2.24) is 4.90 Å². The number of rotatable bonds is 4. The second-order valence-corrected chi connectivity index (χ2v) is 5.42. The van der Waals surface area contributed by atoms with Crippen LogP contribution in [-0.2, 0) is 0 Å². The highest BCUT2D eigenvalue weighted by Gasteiger charge is 2.19. The number of benzene rings is 1. The molecule has 0 radical (unpaired) electrons. The number of likely N-dealkylation sites (tertiary alicyclic amines) is 1. The minimum Gasteiger partial charge on any atom is -0.296 e.